The van der Waals surface area contributed by atoms with Crippen LogP contribution < -0.4 is 0 Å². The van der Waals surface area contributed by atoms with Crippen molar-refractivity contribution in [3.8, 4) is 0 Å². The van der Waals surface area contributed by atoms with Gasteiger partial charge < -0.3 is 0 Å². The smallest absolute Gasteiger partial charge is 0.0557 e. The summed E-state index contributed by atoms with van der Waals surface area (Å²) in [7, 11) is 0. The summed E-state index contributed by atoms with van der Waals surface area (Å²) in [5.41, 5.74) is 2.70. The summed E-state index contributed by atoms with van der Waals surface area (Å²) in [6.07, 6.45) is 1.36. The Kier molecular flexibility index (Phi) is 2.33. The summed E-state index contributed by atoms with van der Waals surface area (Å²) in [6.45, 7) is 4.32. The lowest BCUT2D eigenvalue weighted by molar-refractivity contribution is 0.913. The molecule has 1 aromatic carbocycles. The molecule has 70 valence electrons. The van der Waals surface area contributed by atoms with E-state index in [0.717, 1.165) is 11.8 Å². The maximum atomic E-state index is 5.98. The minimum atomic E-state index is 0.130. The fourth-order valence-corrected chi connectivity index (χ4v) is 1.94. The van der Waals surface area contributed by atoms with Gasteiger partial charge in [0.2, 0.25) is 0 Å². The second-order valence-corrected chi connectivity index (χ2v) is 4.76. The van der Waals surface area contributed by atoms with Crippen molar-refractivity contribution >= 4 is 11.6 Å². The molecule has 0 N–H and O–H groups in total. The lowest BCUT2D eigenvalue weighted by atomic mass is 10.1. The topological polar surface area (TPSA) is 0 Å². The molecule has 0 amide bonds. The molecule has 1 unspecified atom stereocenters. The van der Waals surface area contributed by atoms with Crippen LogP contribution >= 0.6 is 11.6 Å². The largest absolute Gasteiger partial charge is 0.118 e. The summed E-state index contributed by atoms with van der Waals surface area (Å²) < 4.78 is 0. The van der Waals surface area contributed by atoms with Crippen LogP contribution in [0.15, 0.2) is 24.3 Å². The van der Waals surface area contributed by atoms with E-state index >= 15 is 0 Å². The summed E-state index contributed by atoms with van der Waals surface area (Å²) in [4.78, 5) is 0. The molecule has 1 aliphatic rings. The van der Waals surface area contributed by atoms with Crippen molar-refractivity contribution in [2.24, 2.45) is 5.92 Å². The highest BCUT2D eigenvalue weighted by atomic mass is 35.5. The van der Waals surface area contributed by atoms with Crippen LogP contribution in [0.25, 0.3) is 0 Å². The van der Waals surface area contributed by atoms with E-state index < -0.39 is 0 Å². The summed E-state index contributed by atoms with van der Waals surface area (Å²) >= 11 is 5.98. The lowest BCUT2D eigenvalue weighted by Gasteiger charge is -2.04. The summed E-state index contributed by atoms with van der Waals surface area (Å²) in [6, 6.07) is 8.75. The minimum Gasteiger partial charge on any atom is -0.118 e. The molecule has 0 bridgehead atoms. The number of hydrogen-bond donors (Lipinski definition) is 0. The highest BCUT2D eigenvalue weighted by Gasteiger charge is 2.33. The first-order valence-corrected chi connectivity index (χ1v) is 5.36. The van der Waals surface area contributed by atoms with Crippen molar-refractivity contribution < 1.29 is 0 Å². The molecule has 1 aromatic rings. The second-order valence-electron chi connectivity index (χ2n) is 4.10. The molecular formula is C12H15Cl. The van der Waals surface area contributed by atoms with E-state index in [1.807, 2.05) is 6.92 Å². The Labute approximate surface area is 84.9 Å². The number of benzene rings is 1. The highest BCUT2D eigenvalue weighted by Crippen LogP contribution is 2.46. The monoisotopic (exact) mass is 194 g/mol. The van der Waals surface area contributed by atoms with Crippen LogP contribution in [0.2, 0.25) is 0 Å². The maximum Gasteiger partial charge on any atom is 0.0557 e. The van der Waals surface area contributed by atoms with E-state index in [0.29, 0.717) is 0 Å². The van der Waals surface area contributed by atoms with Gasteiger partial charge >= 0.3 is 0 Å². The Bertz CT molecular complexity index is 286. The van der Waals surface area contributed by atoms with E-state index in [9.17, 15) is 0 Å². The van der Waals surface area contributed by atoms with Crippen LogP contribution in [0.1, 0.15) is 42.7 Å². The molecule has 1 heteroatoms. The standard InChI is InChI=1S/C12H15Cl/c1-8-7-12(8)11-5-3-10(4-6-11)9(2)13/h3-6,8-9,12H,7H2,1-2H3/t8-,9?,12-/m1/s1. The molecule has 1 aliphatic carbocycles. The van der Waals surface area contributed by atoms with Gasteiger partial charge in [0.15, 0.2) is 0 Å². The first-order chi connectivity index (χ1) is 6.18. The van der Waals surface area contributed by atoms with Gasteiger partial charge in [0.25, 0.3) is 0 Å². The molecule has 0 heterocycles. The Morgan fingerprint density at radius 1 is 1.31 bits per heavy atom. The number of rotatable bonds is 2. The van der Waals surface area contributed by atoms with E-state index in [2.05, 4.69) is 31.2 Å². The van der Waals surface area contributed by atoms with E-state index in [4.69, 9.17) is 11.6 Å². The van der Waals surface area contributed by atoms with Crippen LogP contribution in [0, 0.1) is 5.92 Å². The molecule has 1 fully saturated rings. The van der Waals surface area contributed by atoms with Gasteiger partial charge in [-0.05, 0) is 36.3 Å². The predicted octanol–water partition coefficient (Wildman–Crippen LogP) is 4.11. The van der Waals surface area contributed by atoms with Crippen LogP contribution in [-0.2, 0) is 0 Å². The molecule has 0 radical (unpaired) electrons. The molecule has 0 nitrogen and oxygen atoms in total. The molecule has 2 rings (SSSR count). The van der Waals surface area contributed by atoms with Gasteiger partial charge in [-0.25, -0.2) is 0 Å². The average molecular weight is 195 g/mol. The lowest BCUT2D eigenvalue weighted by Crippen LogP contribution is -1.86. The van der Waals surface area contributed by atoms with Crippen molar-refractivity contribution in [3.05, 3.63) is 35.4 Å². The van der Waals surface area contributed by atoms with Gasteiger partial charge in [0, 0.05) is 0 Å². The summed E-state index contributed by atoms with van der Waals surface area (Å²) in [5.74, 6) is 1.71. The minimum absolute atomic E-state index is 0.130. The zero-order valence-corrected chi connectivity index (χ0v) is 8.88. The highest BCUT2D eigenvalue weighted by molar-refractivity contribution is 6.20. The van der Waals surface area contributed by atoms with Gasteiger partial charge in [-0.3, -0.25) is 0 Å². The van der Waals surface area contributed by atoms with Crippen LogP contribution in [0.4, 0.5) is 0 Å². The van der Waals surface area contributed by atoms with Gasteiger partial charge in [-0.15, -0.1) is 11.6 Å². The fourth-order valence-electron chi connectivity index (χ4n) is 1.79. The van der Waals surface area contributed by atoms with Gasteiger partial charge in [0.1, 0.15) is 0 Å². The van der Waals surface area contributed by atoms with Crippen LogP contribution in [0.5, 0.6) is 0 Å². The second kappa shape index (κ2) is 3.34. The fraction of sp³-hybridized carbons (Fsp3) is 0.500. The Morgan fingerprint density at radius 2 is 1.85 bits per heavy atom. The Morgan fingerprint density at radius 3 is 2.23 bits per heavy atom. The van der Waals surface area contributed by atoms with Crippen molar-refractivity contribution in [1.82, 2.24) is 0 Å². The third kappa shape index (κ3) is 1.88. The van der Waals surface area contributed by atoms with E-state index in [1.165, 1.54) is 17.5 Å². The first kappa shape index (κ1) is 9.08. The van der Waals surface area contributed by atoms with E-state index in [-0.39, 0.29) is 5.38 Å². The van der Waals surface area contributed by atoms with Crippen molar-refractivity contribution in [3.63, 3.8) is 0 Å². The van der Waals surface area contributed by atoms with Gasteiger partial charge in [-0.1, -0.05) is 31.2 Å². The van der Waals surface area contributed by atoms with Gasteiger partial charge in [-0.2, -0.15) is 0 Å². The van der Waals surface area contributed by atoms with E-state index in [1.54, 1.807) is 0 Å². The third-order valence-corrected chi connectivity index (χ3v) is 3.19. The third-order valence-electron chi connectivity index (χ3n) is 2.93. The molecule has 0 aliphatic heterocycles. The van der Waals surface area contributed by atoms with Crippen LogP contribution in [-0.4, -0.2) is 0 Å². The zero-order chi connectivity index (χ0) is 9.42. The quantitative estimate of drug-likeness (QED) is 0.622. The number of halogens is 1. The van der Waals surface area contributed by atoms with Crippen LogP contribution in [0.3, 0.4) is 0 Å². The molecule has 1 saturated carbocycles. The number of alkyl halides is 1. The molecule has 0 saturated heterocycles. The Hall–Kier alpha value is -0.490. The Balaban J connectivity index is 2.14. The van der Waals surface area contributed by atoms with Crippen molar-refractivity contribution in [1.29, 1.82) is 0 Å². The van der Waals surface area contributed by atoms with Crippen molar-refractivity contribution in [2.45, 2.75) is 31.6 Å². The first-order valence-electron chi connectivity index (χ1n) is 4.92. The number of hydrogen-bond acceptors (Lipinski definition) is 0. The van der Waals surface area contributed by atoms with Crippen molar-refractivity contribution in [2.75, 3.05) is 0 Å². The zero-order valence-electron chi connectivity index (χ0n) is 8.13. The average Bonchev–Trinajstić information content (AvgIpc) is 2.83. The summed E-state index contributed by atoms with van der Waals surface area (Å²) in [5, 5.41) is 0.130. The molecule has 0 aromatic heterocycles. The predicted molar refractivity (Wildman–Crippen MR) is 57.2 cm³/mol. The SMILES string of the molecule is CC(Cl)c1ccc([C@@H]2C[C@H]2C)cc1. The molecule has 0 spiro atoms. The van der Waals surface area contributed by atoms with Gasteiger partial charge in [0.05, 0.1) is 5.38 Å². The molecular weight excluding hydrogens is 180 g/mol. The molecule has 13 heavy (non-hydrogen) atoms. The molecule has 3 atom stereocenters. The normalized spacial score (nSPS) is 28.5. The maximum absolute atomic E-state index is 5.98.